The first-order chi connectivity index (χ1) is 21.5. The van der Waals surface area contributed by atoms with Gasteiger partial charge in [-0.25, -0.2) is 9.59 Å². The van der Waals surface area contributed by atoms with Crippen molar-refractivity contribution in [3.05, 3.63) is 127 Å². The van der Waals surface area contributed by atoms with E-state index >= 15 is 0 Å². The van der Waals surface area contributed by atoms with E-state index in [1.54, 1.807) is 101 Å². The number of carbonyl (C=O) groups is 2. The molecule has 5 aromatic rings. The van der Waals surface area contributed by atoms with Crippen molar-refractivity contribution in [3.63, 3.8) is 0 Å². The second-order valence-electron chi connectivity index (χ2n) is 11.5. The number of aromatic nitrogens is 2. The molecule has 8 nitrogen and oxygen atoms in total. The van der Waals surface area contributed by atoms with Crippen LogP contribution in [0.2, 0.25) is 0 Å². The number of ether oxygens (including phenoxy) is 2. The number of hydrogen-bond acceptors (Lipinski definition) is 8. The van der Waals surface area contributed by atoms with Gasteiger partial charge in [0.25, 0.3) is 0 Å². The summed E-state index contributed by atoms with van der Waals surface area (Å²) in [6.07, 6.45) is 3.41. The Bertz CT molecular complexity index is 1650. The zero-order valence-corrected chi connectivity index (χ0v) is 25.6. The zero-order valence-electron chi connectivity index (χ0n) is 25.6. The Morgan fingerprint density at radius 2 is 1.09 bits per heavy atom. The second-order valence-corrected chi connectivity index (χ2v) is 11.5. The molecule has 0 aliphatic carbocycles. The van der Waals surface area contributed by atoms with Gasteiger partial charge in [0.05, 0.1) is 33.7 Å². The Labute approximate surface area is 262 Å². The fourth-order valence-corrected chi connectivity index (χ4v) is 4.23. The molecule has 0 unspecified atom stereocenters. The topological polar surface area (TPSA) is 108 Å². The van der Waals surface area contributed by atoms with Gasteiger partial charge in [0.1, 0.15) is 11.5 Å². The molecular formula is C36H33BN2O6. The fraction of sp³-hybridized carbons (Fsp3) is 0.167. The number of benzene rings is 3. The third-order valence-corrected chi connectivity index (χ3v) is 7.60. The summed E-state index contributed by atoms with van der Waals surface area (Å²) in [5.74, 6) is -0.826. The molecule has 226 valence electrons. The van der Waals surface area contributed by atoms with Gasteiger partial charge in [0, 0.05) is 29.6 Å². The number of rotatable bonds is 10. The number of carbonyl (C=O) groups excluding carboxylic acids is 2. The van der Waals surface area contributed by atoms with Gasteiger partial charge < -0.3 is 19.2 Å². The molecule has 0 saturated heterocycles. The molecule has 0 saturated carbocycles. The molecule has 45 heavy (non-hydrogen) atoms. The minimum atomic E-state index is -1.13. The van der Waals surface area contributed by atoms with E-state index in [-0.39, 0.29) is 19.0 Å². The van der Waals surface area contributed by atoms with Gasteiger partial charge in [-0.05, 0) is 93.8 Å². The highest BCUT2D eigenvalue weighted by molar-refractivity contribution is 6.47. The summed E-state index contributed by atoms with van der Waals surface area (Å²) >= 11 is 0. The molecule has 5 rings (SSSR count). The first-order valence-electron chi connectivity index (χ1n) is 14.5. The van der Waals surface area contributed by atoms with Crippen molar-refractivity contribution in [2.24, 2.45) is 0 Å². The second kappa shape index (κ2) is 13.3. The first-order valence-corrected chi connectivity index (χ1v) is 14.5. The van der Waals surface area contributed by atoms with E-state index in [0.29, 0.717) is 16.6 Å². The van der Waals surface area contributed by atoms with Gasteiger partial charge >= 0.3 is 19.4 Å². The van der Waals surface area contributed by atoms with Crippen LogP contribution in [0.15, 0.2) is 116 Å². The summed E-state index contributed by atoms with van der Waals surface area (Å²) in [5.41, 5.74) is 2.53. The van der Waals surface area contributed by atoms with Crippen molar-refractivity contribution in [1.29, 1.82) is 0 Å². The van der Waals surface area contributed by atoms with Gasteiger partial charge in [0.2, 0.25) is 0 Å². The predicted octanol–water partition coefficient (Wildman–Crippen LogP) is 5.79. The minimum absolute atomic E-state index is 0.0600. The van der Waals surface area contributed by atoms with E-state index in [1.807, 2.05) is 36.4 Å². The Morgan fingerprint density at radius 3 is 1.47 bits per heavy atom. The molecule has 0 aliphatic rings. The number of nitrogens with zero attached hydrogens (tertiary/aromatic N) is 2. The maximum Gasteiger partial charge on any atom is 0.343 e. The van der Waals surface area contributed by atoms with Crippen LogP contribution in [0.1, 0.15) is 48.4 Å². The molecule has 0 radical (unpaired) electrons. The molecule has 0 spiro atoms. The molecule has 2 aromatic heterocycles. The Hall–Kier alpha value is -5.12. The third-order valence-electron chi connectivity index (χ3n) is 7.60. The van der Waals surface area contributed by atoms with Crippen LogP contribution in [0.25, 0.3) is 22.5 Å². The van der Waals surface area contributed by atoms with Crippen LogP contribution in [-0.2, 0) is 4.65 Å². The normalized spacial score (nSPS) is 11.5. The van der Waals surface area contributed by atoms with Gasteiger partial charge in [-0.2, -0.15) is 0 Å². The Morgan fingerprint density at radius 1 is 0.644 bits per heavy atom. The van der Waals surface area contributed by atoms with E-state index in [1.165, 1.54) is 6.07 Å². The largest absolute Gasteiger partial charge is 0.427 e. The first kappa shape index (κ1) is 31.3. The van der Waals surface area contributed by atoms with Crippen LogP contribution < -0.4 is 14.9 Å². The summed E-state index contributed by atoms with van der Waals surface area (Å²) in [4.78, 5) is 34.9. The molecule has 3 aromatic carbocycles. The zero-order chi connectivity index (χ0) is 32.0. The lowest BCUT2D eigenvalue weighted by Crippen LogP contribution is -2.49. The molecular weight excluding hydrogens is 567 g/mol. The number of esters is 2. The van der Waals surface area contributed by atoms with E-state index in [0.717, 1.165) is 22.5 Å². The van der Waals surface area contributed by atoms with Gasteiger partial charge in [-0.15, -0.1) is 0 Å². The van der Waals surface area contributed by atoms with E-state index in [4.69, 9.17) is 14.1 Å². The van der Waals surface area contributed by atoms with E-state index < -0.39 is 23.1 Å². The van der Waals surface area contributed by atoms with Crippen molar-refractivity contribution < 1.29 is 28.8 Å². The van der Waals surface area contributed by atoms with Crippen molar-refractivity contribution in [3.8, 4) is 34.0 Å². The summed E-state index contributed by atoms with van der Waals surface area (Å²) in [5, 5.41) is 10.5. The number of aliphatic hydroxyl groups is 1. The third kappa shape index (κ3) is 7.89. The van der Waals surface area contributed by atoms with Crippen LogP contribution in [0.3, 0.4) is 0 Å². The molecule has 0 bridgehead atoms. The predicted molar refractivity (Wildman–Crippen MR) is 174 cm³/mol. The molecule has 0 atom stereocenters. The van der Waals surface area contributed by atoms with Crippen LogP contribution in [0, 0.1) is 0 Å². The van der Waals surface area contributed by atoms with Crippen LogP contribution in [0.4, 0.5) is 0 Å². The summed E-state index contributed by atoms with van der Waals surface area (Å²) in [6.45, 7) is 6.88. The van der Waals surface area contributed by atoms with Crippen LogP contribution in [-0.4, -0.2) is 45.7 Å². The Kier molecular flexibility index (Phi) is 9.22. The van der Waals surface area contributed by atoms with Gasteiger partial charge in [-0.1, -0.05) is 36.4 Å². The number of pyridine rings is 2. The average molecular weight is 600 g/mol. The minimum Gasteiger partial charge on any atom is -0.427 e. The summed E-state index contributed by atoms with van der Waals surface area (Å²) < 4.78 is 17.5. The maximum absolute atomic E-state index is 13.1. The molecule has 1 N–H and O–H groups in total. The van der Waals surface area contributed by atoms with E-state index in [9.17, 15) is 14.7 Å². The lowest BCUT2D eigenvalue weighted by atomic mass is 9.82. The van der Waals surface area contributed by atoms with Crippen molar-refractivity contribution in [2.45, 2.75) is 38.9 Å². The van der Waals surface area contributed by atoms with Crippen molar-refractivity contribution >= 4 is 24.9 Å². The van der Waals surface area contributed by atoms with Gasteiger partial charge in [0.15, 0.2) is 0 Å². The molecule has 2 heterocycles. The smallest absolute Gasteiger partial charge is 0.343 e. The highest BCUT2D eigenvalue weighted by Crippen LogP contribution is 2.26. The molecule has 0 amide bonds. The van der Waals surface area contributed by atoms with Crippen LogP contribution >= 0.6 is 0 Å². The Balaban J connectivity index is 1.36. The van der Waals surface area contributed by atoms with Crippen LogP contribution in [0.5, 0.6) is 11.5 Å². The molecule has 0 fully saturated rings. The molecule has 0 aliphatic heterocycles. The average Bonchev–Trinajstić information content (AvgIpc) is 3.04. The molecule has 9 heteroatoms. The summed E-state index contributed by atoms with van der Waals surface area (Å²) in [7, 11) is 0.0600. The monoisotopic (exact) mass is 600 g/mol. The standard InChI is InChI=1S/C36H33BN2O6/c1-35(2,42)36(3,4)45-37-28-21-29(43-33(40)26-15-11-24(12-16-26)31-9-5-7-19-38-31)23-30(22-28)44-34(41)27-17-13-25(14-18-27)32-10-6-8-20-39-32/h5-23,37,42H,1-4H3. The highest BCUT2D eigenvalue weighted by Gasteiger charge is 2.35. The lowest BCUT2D eigenvalue weighted by Gasteiger charge is -2.37. The quantitative estimate of drug-likeness (QED) is 0.122. The van der Waals surface area contributed by atoms with Crippen molar-refractivity contribution in [2.75, 3.05) is 0 Å². The summed E-state index contributed by atoms with van der Waals surface area (Å²) in [6, 6.07) is 29.9. The van der Waals surface area contributed by atoms with E-state index in [2.05, 4.69) is 9.97 Å². The highest BCUT2D eigenvalue weighted by atomic mass is 16.5. The fourth-order valence-electron chi connectivity index (χ4n) is 4.23. The van der Waals surface area contributed by atoms with Gasteiger partial charge in [-0.3, -0.25) is 9.97 Å². The number of hydrogen-bond donors (Lipinski definition) is 1. The maximum atomic E-state index is 13.1. The SMILES string of the molecule is CC(C)(O)C(C)(C)OBc1cc(OC(=O)c2ccc(-c3ccccn3)cc2)cc(OC(=O)c2ccc(-c3ccccn3)cc2)c1. The lowest BCUT2D eigenvalue weighted by molar-refractivity contribution is -0.0893. The van der Waals surface area contributed by atoms with Crippen molar-refractivity contribution in [1.82, 2.24) is 9.97 Å².